The number of terminal acetylenes is 1. The fraction of sp³-hybridized carbons (Fsp3) is 0.800. The molecule has 0 amide bonds. The Morgan fingerprint density at radius 2 is 2.45 bits per heavy atom. The molecule has 1 unspecified atom stereocenters. The summed E-state index contributed by atoms with van der Waals surface area (Å²) in [4.78, 5) is 0. The molecule has 0 aromatic carbocycles. The summed E-state index contributed by atoms with van der Waals surface area (Å²) < 4.78 is 0. The maximum Gasteiger partial charge on any atom is 0.0154 e. The predicted octanol–water partition coefficient (Wildman–Crippen LogP) is 1.93. The van der Waals surface area contributed by atoms with Crippen LogP contribution >= 0.6 is 0 Å². The molecule has 1 heterocycles. The van der Waals surface area contributed by atoms with Crippen LogP contribution in [0.3, 0.4) is 0 Å². The Morgan fingerprint density at radius 1 is 1.64 bits per heavy atom. The van der Waals surface area contributed by atoms with Crippen molar-refractivity contribution >= 4 is 0 Å². The Hall–Kier alpha value is -0.480. The van der Waals surface area contributed by atoms with Crippen LogP contribution in [0.2, 0.25) is 0 Å². The van der Waals surface area contributed by atoms with E-state index in [4.69, 9.17) is 6.42 Å². The van der Waals surface area contributed by atoms with Gasteiger partial charge in [0.15, 0.2) is 0 Å². The molecule has 1 nitrogen and oxygen atoms in total. The first-order chi connectivity index (χ1) is 5.27. The van der Waals surface area contributed by atoms with Gasteiger partial charge in [0.2, 0.25) is 0 Å². The molecule has 1 aliphatic rings. The lowest BCUT2D eigenvalue weighted by Gasteiger charge is -2.23. The minimum absolute atomic E-state index is 0.400. The molecule has 0 radical (unpaired) electrons. The molecule has 0 aromatic heterocycles. The van der Waals surface area contributed by atoms with Crippen molar-refractivity contribution in [3.63, 3.8) is 0 Å². The van der Waals surface area contributed by atoms with Crippen LogP contribution in [-0.2, 0) is 0 Å². The van der Waals surface area contributed by atoms with Crippen molar-refractivity contribution in [1.82, 2.24) is 5.32 Å². The molecular formula is C10H17N. The molecule has 11 heavy (non-hydrogen) atoms. The fourth-order valence-electron chi connectivity index (χ4n) is 1.75. The second kappa shape index (κ2) is 3.78. The van der Waals surface area contributed by atoms with E-state index in [0.717, 1.165) is 6.42 Å². The van der Waals surface area contributed by atoms with Gasteiger partial charge in [-0.05, 0) is 39.2 Å². The van der Waals surface area contributed by atoms with Crippen molar-refractivity contribution in [2.24, 2.45) is 0 Å². The zero-order chi connectivity index (χ0) is 8.16. The number of nitrogens with one attached hydrogen (secondary N) is 1. The van der Waals surface area contributed by atoms with E-state index in [9.17, 15) is 0 Å². The lowest BCUT2D eigenvalue weighted by atomic mass is 9.93. The monoisotopic (exact) mass is 151 g/mol. The Labute approximate surface area is 69.6 Å². The SMILES string of the molecule is C#CCCCC1(C)CCCN1. The Balaban J connectivity index is 2.19. The lowest BCUT2D eigenvalue weighted by molar-refractivity contribution is 0.375. The zero-order valence-electron chi connectivity index (χ0n) is 7.32. The van der Waals surface area contributed by atoms with Crippen LogP contribution < -0.4 is 5.32 Å². The fourth-order valence-corrected chi connectivity index (χ4v) is 1.75. The number of rotatable bonds is 3. The van der Waals surface area contributed by atoms with Gasteiger partial charge in [-0.3, -0.25) is 0 Å². The number of hydrogen-bond donors (Lipinski definition) is 1. The number of hydrogen-bond acceptors (Lipinski definition) is 1. The third-order valence-corrected chi connectivity index (χ3v) is 2.51. The van der Waals surface area contributed by atoms with Crippen molar-refractivity contribution in [2.45, 2.75) is 44.6 Å². The van der Waals surface area contributed by atoms with Crippen LogP contribution in [0.5, 0.6) is 0 Å². The van der Waals surface area contributed by atoms with E-state index in [1.807, 2.05) is 0 Å². The summed E-state index contributed by atoms with van der Waals surface area (Å²) in [5.74, 6) is 2.68. The van der Waals surface area contributed by atoms with E-state index >= 15 is 0 Å². The summed E-state index contributed by atoms with van der Waals surface area (Å²) >= 11 is 0. The standard InChI is InChI=1S/C10H17N/c1-3-4-5-7-10(2)8-6-9-11-10/h1,11H,4-9H2,2H3. The average Bonchev–Trinajstić information content (AvgIpc) is 2.38. The summed E-state index contributed by atoms with van der Waals surface area (Å²) in [6.45, 7) is 3.49. The molecule has 62 valence electrons. The van der Waals surface area contributed by atoms with Crippen molar-refractivity contribution in [2.75, 3.05) is 6.54 Å². The molecule has 1 rings (SSSR count). The molecule has 0 spiro atoms. The largest absolute Gasteiger partial charge is 0.312 e. The van der Waals surface area contributed by atoms with Crippen molar-refractivity contribution in [3.8, 4) is 12.3 Å². The third kappa shape index (κ3) is 2.55. The van der Waals surface area contributed by atoms with Crippen LogP contribution in [0, 0.1) is 12.3 Å². The molecule has 0 aliphatic carbocycles. The van der Waals surface area contributed by atoms with Crippen LogP contribution in [0.15, 0.2) is 0 Å². The summed E-state index contributed by atoms with van der Waals surface area (Å²) in [5, 5.41) is 3.52. The highest BCUT2D eigenvalue weighted by Crippen LogP contribution is 2.23. The molecule has 1 fully saturated rings. The van der Waals surface area contributed by atoms with Gasteiger partial charge in [-0.15, -0.1) is 12.3 Å². The van der Waals surface area contributed by atoms with Gasteiger partial charge in [-0.25, -0.2) is 0 Å². The quantitative estimate of drug-likeness (QED) is 0.480. The van der Waals surface area contributed by atoms with Crippen molar-refractivity contribution in [1.29, 1.82) is 0 Å². The Bertz CT molecular complexity index is 149. The molecule has 1 heteroatoms. The van der Waals surface area contributed by atoms with E-state index in [1.165, 1.54) is 32.2 Å². The van der Waals surface area contributed by atoms with E-state index in [0.29, 0.717) is 5.54 Å². The molecule has 0 bridgehead atoms. The van der Waals surface area contributed by atoms with Gasteiger partial charge in [0.1, 0.15) is 0 Å². The first kappa shape index (κ1) is 8.62. The van der Waals surface area contributed by atoms with E-state index in [-0.39, 0.29) is 0 Å². The molecule has 1 atom stereocenters. The van der Waals surface area contributed by atoms with Crippen LogP contribution in [0.4, 0.5) is 0 Å². The molecular weight excluding hydrogens is 134 g/mol. The number of unbranched alkanes of at least 4 members (excludes halogenated alkanes) is 1. The second-order valence-corrected chi connectivity index (χ2v) is 3.65. The van der Waals surface area contributed by atoms with Gasteiger partial charge in [-0.1, -0.05) is 0 Å². The van der Waals surface area contributed by atoms with Gasteiger partial charge in [-0.2, -0.15) is 0 Å². The molecule has 1 N–H and O–H groups in total. The second-order valence-electron chi connectivity index (χ2n) is 3.65. The highest BCUT2D eigenvalue weighted by molar-refractivity contribution is 4.90. The summed E-state index contributed by atoms with van der Waals surface area (Å²) in [5.41, 5.74) is 0.400. The smallest absolute Gasteiger partial charge is 0.0154 e. The third-order valence-electron chi connectivity index (χ3n) is 2.51. The van der Waals surface area contributed by atoms with Gasteiger partial charge < -0.3 is 5.32 Å². The topological polar surface area (TPSA) is 12.0 Å². The van der Waals surface area contributed by atoms with Crippen LogP contribution in [-0.4, -0.2) is 12.1 Å². The van der Waals surface area contributed by atoms with Crippen LogP contribution in [0.25, 0.3) is 0 Å². The highest BCUT2D eigenvalue weighted by atomic mass is 15.0. The minimum atomic E-state index is 0.400. The molecule has 0 saturated carbocycles. The molecule has 0 aromatic rings. The van der Waals surface area contributed by atoms with E-state index in [1.54, 1.807) is 0 Å². The normalized spacial score (nSPS) is 30.2. The summed E-state index contributed by atoms with van der Waals surface area (Å²) in [7, 11) is 0. The predicted molar refractivity (Wildman–Crippen MR) is 48.3 cm³/mol. The van der Waals surface area contributed by atoms with Gasteiger partial charge in [0.25, 0.3) is 0 Å². The maximum absolute atomic E-state index is 5.19. The molecule has 1 aliphatic heterocycles. The Morgan fingerprint density at radius 3 is 3.00 bits per heavy atom. The zero-order valence-corrected chi connectivity index (χ0v) is 7.32. The van der Waals surface area contributed by atoms with Gasteiger partial charge in [0, 0.05) is 12.0 Å². The van der Waals surface area contributed by atoms with Gasteiger partial charge in [0.05, 0.1) is 0 Å². The van der Waals surface area contributed by atoms with E-state index in [2.05, 4.69) is 18.2 Å². The molecule has 1 saturated heterocycles. The Kier molecular flexibility index (Phi) is 2.96. The minimum Gasteiger partial charge on any atom is -0.312 e. The summed E-state index contributed by atoms with van der Waals surface area (Å²) in [6.07, 6.45) is 11.2. The maximum atomic E-state index is 5.19. The van der Waals surface area contributed by atoms with Gasteiger partial charge >= 0.3 is 0 Å². The average molecular weight is 151 g/mol. The van der Waals surface area contributed by atoms with Crippen LogP contribution in [0.1, 0.15) is 39.0 Å². The highest BCUT2D eigenvalue weighted by Gasteiger charge is 2.26. The van der Waals surface area contributed by atoms with Crippen molar-refractivity contribution < 1.29 is 0 Å². The first-order valence-corrected chi connectivity index (χ1v) is 4.45. The van der Waals surface area contributed by atoms with Crippen molar-refractivity contribution in [3.05, 3.63) is 0 Å². The van der Waals surface area contributed by atoms with E-state index < -0.39 is 0 Å². The summed E-state index contributed by atoms with van der Waals surface area (Å²) in [6, 6.07) is 0. The first-order valence-electron chi connectivity index (χ1n) is 4.45. The lowest BCUT2D eigenvalue weighted by Crippen LogP contribution is -2.35.